The fourth-order valence-corrected chi connectivity index (χ4v) is 2.36. The van der Waals surface area contributed by atoms with Crippen molar-refractivity contribution in [1.29, 1.82) is 0 Å². The summed E-state index contributed by atoms with van der Waals surface area (Å²) in [5, 5.41) is 0.803. The van der Waals surface area contributed by atoms with Crippen LogP contribution in [-0.2, 0) is 0 Å². The summed E-state index contributed by atoms with van der Waals surface area (Å²) in [6, 6.07) is 12.1. The second-order valence-corrected chi connectivity index (χ2v) is 5.33. The summed E-state index contributed by atoms with van der Waals surface area (Å²) in [4.78, 5) is 8.45. The molecule has 0 aliphatic carbocycles. The van der Waals surface area contributed by atoms with Crippen LogP contribution in [-0.4, -0.2) is 16.6 Å². The number of halogens is 1. The van der Waals surface area contributed by atoms with Gasteiger partial charge >= 0.3 is 0 Å². The number of nitrogens with two attached hydrogens (primary N) is 1. The summed E-state index contributed by atoms with van der Waals surface area (Å²) < 4.78 is 18.8. The smallest absolute Gasteiger partial charge is 0.226 e. The zero-order valence-corrected chi connectivity index (χ0v) is 12.9. The minimum Gasteiger partial charge on any atom is -0.477 e. The SMILES string of the molecule is CCCCOc1nc(N)nc2ccc(-c3ccc(F)cc3)cc12. The molecule has 3 aromatic rings. The van der Waals surface area contributed by atoms with Crippen molar-refractivity contribution in [3.05, 3.63) is 48.3 Å². The Morgan fingerprint density at radius 2 is 1.78 bits per heavy atom. The fraction of sp³-hybridized carbons (Fsp3) is 0.222. The Morgan fingerprint density at radius 3 is 2.52 bits per heavy atom. The van der Waals surface area contributed by atoms with Crippen molar-refractivity contribution in [2.45, 2.75) is 19.8 Å². The topological polar surface area (TPSA) is 61.0 Å². The predicted octanol–water partition coefficient (Wildman–Crippen LogP) is 4.20. The van der Waals surface area contributed by atoms with Crippen LogP contribution in [0.25, 0.3) is 22.0 Å². The van der Waals surface area contributed by atoms with Crippen LogP contribution in [0.5, 0.6) is 5.88 Å². The molecule has 0 radical (unpaired) electrons. The van der Waals surface area contributed by atoms with Gasteiger partial charge < -0.3 is 10.5 Å². The molecule has 0 aliphatic heterocycles. The monoisotopic (exact) mass is 311 g/mol. The Labute approximate surface area is 134 Å². The maximum absolute atomic E-state index is 13.1. The van der Waals surface area contributed by atoms with Gasteiger partial charge in [0.1, 0.15) is 5.82 Å². The highest BCUT2D eigenvalue weighted by Crippen LogP contribution is 2.29. The van der Waals surface area contributed by atoms with Gasteiger partial charge in [0, 0.05) is 0 Å². The van der Waals surface area contributed by atoms with Gasteiger partial charge in [-0.15, -0.1) is 0 Å². The first-order valence-corrected chi connectivity index (χ1v) is 7.63. The van der Waals surface area contributed by atoms with Crippen LogP contribution < -0.4 is 10.5 Å². The molecule has 0 bridgehead atoms. The minimum atomic E-state index is -0.255. The van der Waals surface area contributed by atoms with Gasteiger partial charge in [-0.05, 0) is 41.8 Å². The van der Waals surface area contributed by atoms with Gasteiger partial charge in [-0.3, -0.25) is 0 Å². The Balaban J connectivity index is 2.04. The molecular weight excluding hydrogens is 293 g/mol. The molecule has 0 aliphatic rings. The maximum Gasteiger partial charge on any atom is 0.226 e. The number of unbranched alkanes of at least 4 members (excludes halogenated alkanes) is 1. The van der Waals surface area contributed by atoms with Gasteiger partial charge in [0.2, 0.25) is 11.8 Å². The molecule has 23 heavy (non-hydrogen) atoms. The van der Waals surface area contributed by atoms with E-state index < -0.39 is 0 Å². The molecule has 3 rings (SSSR count). The van der Waals surface area contributed by atoms with E-state index in [1.54, 1.807) is 12.1 Å². The number of hydrogen-bond donors (Lipinski definition) is 1. The van der Waals surface area contributed by atoms with Crippen molar-refractivity contribution >= 4 is 16.9 Å². The average molecular weight is 311 g/mol. The van der Waals surface area contributed by atoms with Crippen LogP contribution >= 0.6 is 0 Å². The number of ether oxygens (including phenoxy) is 1. The maximum atomic E-state index is 13.1. The predicted molar refractivity (Wildman–Crippen MR) is 89.7 cm³/mol. The molecule has 0 atom stereocenters. The Hall–Kier alpha value is -2.69. The second-order valence-electron chi connectivity index (χ2n) is 5.33. The largest absolute Gasteiger partial charge is 0.477 e. The van der Waals surface area contributed by atoms with E-state index in [0.29, 0.717) is 12.5 Å². The molecule has 5 heteroatoms. The van der Waals surface area contributed by atoms with E-state index in [4.69, 9.17) is 10.5 Å². The van der Waals surface area contributed by atoms with Crippen LogP contribution in [0.1, 0.15) is 19.8 Å². The summed E-state index contributed by atoms with van der Waals surface area (Å²) in [5.41, 5.74) is 8.35. The van der Waals surface area contributed by atoms with Crippen molar-refractivity contribution in [2.75, 3.05) is 12.3 Å². The summed E-state index contributed by atoms with van der Waals surface area (Å²) in [7, 11) is 0. The Bertz CT molecular complexity index is 818. The summed E-state index contributed by atoms with van der Waals surface area (Å²) in [5.74, 6) is 0.428. The summed E-state index contributed by atoms with van der Waals surface area (Å²) in [6.45, 7) is 2.69. The van der Waals surface area contributed by atoms with E-state index in [1.165, 1.54) is 12.1 Å². The molecule has 0 fully saturated rings. The minimum absolute atomic E-state index is 0.193. The van der Waals surface area contributed by atoms with E-state index in [-0.39, 0.29) is 11.8 Å². The fourth-order valence-electron chi connectivity index (χ4n) is 2.36. The van der Waals surface area contributed by atoms with Crippen molar-refractivity contribution in [2.24, 2.45) is 0 Å². The van der Waals surface area contributed by atoms with E-state index in [0.717, 1.165) is 34.9 Å². The van der Waals surface area contributed by atoms with Crippen LogP contribution in [0.2, 0.25) is 0 Å². The molecule has 2 N–H and O–H groups in total. The van der Waals surface area contributed by atoms with Crippen LogP contribution in [0.3, 0.4) is 0 Å². The zero-order valence-electron chi connectivity index (χ0n) is 12.9. The normalized spacial score (nSPS) is 10.9. The zero-order chi connectivity index (χ0) is 16.2. The molecule has 4 nitrogen and oxygen atoms in total. The third kappa shape index (κ3) is 3.39. The molecule has 0 saturated heterocycles. The van der Waals surface area contributed by atoms with Gasteiger partial charge in [0.05, 0.1) is 17.5 Å². The van der Waals surface area contributed by atoms with Gasteiger partial charge in [0.15, 0.2) is 0 Å². The van der Waals surface area contributed by atoms with Crippen LogP contribution in [0.4, 0.5) is 10.3 Å². The molecule has 118 valence electrons. The molecule has 0 amide bonds. The highest BCUT2D eigenvalue weighted by molar-refractivity contribution is 5.89. The van der Waals surface area contributed by atoms with Crippen molar-refractivity contribution < 1.29 is 9.13 Å². The highest BCUT2D eigenvalue weighted by atomic mass is 19.1. The third-order valence-corrected chi connectivity index (χ3v) is 3.59. The van der Waals surface area contributed by atoms with E-state index in [2.05, 4.69) is 16.9 Å². The lowest BCUT2D eigenvalue weighted by molar-refractivity contribution is 0.302. The first-order valence-electron chi connectivity index (χ1n) is 7.63. The van der Waals surface area contributed by atoms with Crippen LogP contribution in [0.15, 0.2) is 42.5 Å². The number of aromatic nitrogens is 2. The number of nitrogen functional groups attached to an aromatic ring is 1. The van der Waals surface area contributed by atoms with Crippen molar-refractivity contribution in [3.8, 4) is 17.0 Å². The molecular formula is C18H18FN3O. The molecule has 0 saturated carbocycles. The second kappa shape index (κ2) is 6.60. The van der Waals surface area contributed by atoms with Gasteiger partial charge in [-0.1, -0.05) is 31.5 Å². The number of nitrogens with zero attached hydrogens (tertiary/aromatic N) is 2. The first-order chi connectivity index (χ1) is 11.2. The number of anilines is 1. The van der Waals surface area contributed by atoms with Gasteiger partial charge in [0.25, 0.3) is 0 Å². The van der Waals surface area contributed by atoms with E-state index in [9.17, 15) is 4.39 Å². The van der Waals surface area contributed by atoms with Crippen molar-refractivity contribution in [3.63, 3.8) is 0 Å². The standard InChI is InChI=1S/C18H18FN3O/c1-2-3-10-23-17-15-11-13(12-4-7-14(19)8-5-12)6-9-16(15)21-18(20)22-17/h4-9,11H,2-3,10H2,1H3,(H2,20,21,22). The van der Waals surface area contributed by atoms with Crippen molar-refractivity contribution in [1.82, 2.24) is 9.97 Å². The third-order valence-electron chi connectivity index (χ3n) is 3.59. The van der Waals surface area contributed by atoms with Gasteiger partial charge in [-0.2, -0.15) is 4.98 Å². The molecule has 0 unspecified atom stereocenters. The number of fused-ring (bicyclic) bond motifs is 1. The lowest BCUT2D eigenvalue weighted by Gasteiger charge is -2.10. The molecule has 1 heterocycles. The Kier molecular flexibility index (Phi) is 4.37. The molecule has 1 aromatic heterocycles. The highest BCUT2D eigenvalue weighted by Gasteiger charge is 2.09. The van der Waals surface area contributed by atoms with Crippen LogP contribution in [0, 0.1) is 5.82 Å². The first kappa shape index (κ1) is 15.2. The molecule has 2 aromatic carbocycles. The average Bonchev–Trinajstić information content (AvgIpc) is 2.55. The lowest BCUT2D eigenvalue weighted by Crippen LogP contribution is -2.03. The quantitative estimate of drug-likeness (QED) is 0.717. The van der Waals surface area contributed by atoms with Gasteiger partial charge in [-0.25, -0.2) is 9.37 Å². The number of rotatable bonds is 5. The Morgan fingerprint density at radius 1 is 1.04 bits per heavy atom. The lowest BCUT2D eigenvalue weighted by atomic mass is 10.0. The summed E-state index contributed by atoms with van der Waals surface area (Å²) >= 11 is 0. The molecule has 0 spiro atoms. The number of benzene rings is 2. The van der Waals surface area contributed by atoms with E-state index >= 15 is 0 Å². The summed E-state index contributed by atoms with van der Waals surface area (Å²) in [6.07, 6.45) is 1.99. The number of hydrogen-bond acceptors (Lipinski definition) is 4. The van der Waals surface area contributed by atoms with E-state index in [1.807, 2.05) is 18.2 Å².